The molecule has 2 aromatic heterocycles. The summed E-state index contributed by atoms with van der Waals surface area (Å²) in [6.07, 6.45) is 1.71. The van der Waals surface area contributed by atoms with E-state index < -0.39 is 0 Å². The minimum absolute atomic E-state index is 0.0260. The van der Waals surface area contributed by atoms with E-state index in [1.807, 2.05) is 40.7 Å². The molecule has 6 nitrogen and oxygen atoms in total. The van der Waals surface area contributed by atoms with Crippen LogP contribution in [0.15, 0.2) is 16.0 Å². The fraction of sp³-hybridized carbons (Fsp3) is 0.588. The molecule has 0 unspecified atom stereocenters. The van der Waals surface area contributed by atoms with Crippen LogP contribution in [0.2, 0.25) is 0 Å². The zero-order valence-corrected chi connectivity index (χ0v) is 15.8. The summed E-state index contributed by atoms with van der Waals surface area (Å²) in [5.74, 6) is 0.215. The summed E-state index contributed by atoms with van der Waals surface area (Å²) in [5, 5.41) is 3.53. The van der Waals surface area contributed by atoms with Crippen molar-refractivity contribution in [2.45, 2.75) is 64.7 Å². The first-order valence-corrected chi connectivity index (χ1v) is 9.39. The number of rotatable bonds is 7. The molecule has 0 fully saturated rings. The van der Waals surface area contributed by atoms with Crippen molar-refractivity contribution in [2.75, 3.05) is 5.75 Å². The van der Waals surface area contributed by atoms with Crippen molar-refractivity contribution < 1.29 is 4.79 Å². The smallest absolute Gasteiger partial charge is 0.278 e. The quantitative estimate of drug-likeness (QED) is 0.594. The number of aryl methyl sites for hydroxylation is 1. The molecule has 7 heteroatoms. The molecule has 132 valence electrons. The molecule has 2 heterocycles. The number of aromatic amines is 1. The number of carbonyl (C=O) groups is 1. The van der Waals surface area contributed by atoms with Gasteiger partial charge in [0.15, 0.2) is 5.16 Å². The van der Waals surface area contributed by atoms with Crippen LogP contribution < -0.4 is 10.9 Å². The Balaban J connectivity index is 2.33. The van der Waals surface area contributed by atoms with Gasteiger partial charge in [-0.2, -0.15) is 0 Å². The number of nitrogens with zero attached hydrogens (tertiary/aromatic N) is 2. The van der Waals surface area contributed by atoms with Crippen molar-refractivity contribution >= 4 is 28.7 Å². The number of nitrogens with one attached hydrogen (secondary N) is 2. The van der Waals surface area contributed by atoms with Gasteiger partial charge in [-0.1, -0.05) is 25.6 Å². The molecule has 0 aliphatic rings. The van der Waals surface area contributed by atoms with Gasteiger partial charge in [0.25, 0.3) is 5.56 Å². The highest BCUT2D eigenvalue weighted by Crippen LogP contribution is 2.22. The molecule has 0 aromatic carbocycles. The number of thioether (sulfide) groups is 1. The lowest BCUT2D eigenvalue weighted by Crippen LogP contribution is -2.33. The molecular formula is C17H26N4O2S. The SMILES string of the molecule is CC[C@@H](C)n1c(SCC(=O)N[C@@H](C)CC)nc2cc(C)[nH]c2c1=O. The van der Waals surface area contributed by atoms with E-state index in [-0.39, 0.29) is 29.3 Å². The van der Waals surface area contributed by atoms with Crippen LogP contribution in [0.3, 0.4) is 0 Å². The average Bonchev–Trinajstić information content (AvgIpc) is 2.93. The first-order chi connectivity index (χ1) is 11.4. The van der Waals surface area contributed by atoms with Crippen LogP contribution in [0.5, 0.6) is 0 Å². The molecule has 0 spiro atoms. The Bertz CT molecular complexity index is 781. The first-order valence-electron chi connectivity index (χ1n) is 8.41. The highest BCUT2D eigenvalue weighted by Gasteiger charge is 2.18. The second kappa shape index (κ2) is 7.88. The number of aromatic nitrogens is 3. The van der Waals surface area contributed by atoms with E-state index in [1.54, 1.807) is 4.57 Å². The normalized spacial score (nSPS) is 13.9. The lowest BCUT2D eigenvalue weighted by atomic mass is 10.2. The number of amides is 1. The van der Waals surface area contributed by atoms with E-state index in [0.717, 1.165) is 18.5 Å². The summed E-state index contributed by atoms with van der Waals surface area (Å²) in [4.78, 5) is 32.5. The summed E-state index contributed by atoms with van der Waals surface area (Å²) in [7, 11) is 0. The third kappa shape index (κ3) is 4.01. The van der Waals surface area contributed by atoms with Crippen molar-refractivity contribution in [2.24, 2.45) is 0 Å². The van der Waals surface area contributed by atoms with E-state index >= 15 is 0 Å². The van der Waals surface area contributed by atoms with E-state index in [1.165, 1.54) is 11.8 Å². The Hall–Kier alpha value is -1.76. The van der Waals surface area contributed by atoms with Crippen molar-refractivity contribution in [3.63, 3.8) is 0 Å². The van der Waals surface area contributed by atoms with Gasteiger partial charge in [-0.15, -0.1) is 0 Å². The van der Waals surface area contributed by atoms with Gasteiger partial charge in [0.1, 0.15) is 5.52 Å². The van der Waals surface area contributed by atoms with Gasteiger partial charge in [0, 0.05) is 17.8 Å². The van der Waals surface area contributed by atoms with E-state index in [0.29, 0.717) is 16.2 Å². The molecule has 2 N–H and O–H groups in total. The van der Waals surface area contributed by atoms with Crippen LogP contribution in [0.25, 0.3) is 11.0 Å². The number of carbonyl (C=O) groups excluding carboxylic acids is 1. The standard InChI is InChI=1S/C17H26N4O2S/c1-6-10(3)18-14(22)9-24-17-20-13-8-11(4)19-15(13)16(23)21(17)12(5)7-2/h8,10,12,19H,6-7,9H2,1-5H3,(H,18,22)/t10-,12+/m0/s1. The second-order valence-corrected chi connectivity index (χ2v) is 7.15. The van der Waals surface area contributed by atoms with Crippen LogP contribution in [-0.4, -0.2) is 32.2 Å². The summed E-state index contributed by atoms with van der Waals surface area (Å²) in [5.41, 5.74) is 2.01. The van der Waals surface area contributed by atoms with Gasteiger partial charge in [0.2, 0.25) is 5.91 Å². The summed E-state index contributed by atoms with van der Waals surface area (Å²) < 4.78 is 1.69. The average molecular weight is 350 g/mol. The lowest BCUT2D eigenvalue weighted by molar-refractivity contribution is -0.119. The molecular weight excluding hydrogens is 324 g/mol. The first kappa shape index (κ1) is 18.6. The zero-order valence-electron chi connectivity index (χ0n) is 15.0. The second-order valence-electron chi connectivity index (χ2n) is 6.20. The Morgan fingerprint density at radius 2 is 2.08 bits per heavy atom. The number of fused-ring (bicyclic) bond motifs is 1. The minimum atomic E-state index is -0.0766. The van der Waals surface area contributed by atoms with Gasteiger partial charge in [-0.05, 0) is 39.7 Å². The highest BCUT2D eigenvalue weighted by molar-refractivity contribution is 7.99. The molecule has 0 bridgehead atoms. The zero-order chi connectivity index (χ0) is 17.9. The molecule has 2 atom stereocenters. The van der Waals surface area contributed by atoms with E-state index in [4.69, 9.17) is 0 Å². The fourth-order valence-electron chi connectivity index (χ4n) is 2.41. The Kier molecular flexibility index (Phi) is 6.10. The fourth-order valence-corrected chi connectivity index (χ4v) is 3.32. The van der Waals surface area contributed by atoms with E-state index in [2.05, 4.69) is 15.3 Å². The third-order valence-corrected chi connectivity index (χ3v) is 5.12. The van der Waals surface area contributed by atoms with Crippen molar-refractivity contribution in [3.05, 3.63) is 22.1 Å². The predicted octanol–water partition coefficient (Wildman–Crippen LogP) is 3.01. The summed E-state index contributed by atoms with van der Waals surface area (Å²) in [6, 6.07) is 2.04. The van der Waals surface area contributed by atoms with Crippen molar-refractivity contribution in [3.8, 4) is 0 Å². The van der Waals surface area contributed by atoms with E-state index in [9.17, 15) is 9.59 Å². The molecule has 1 amide bonds. The molecule has 2 rings (SSSR count). The minimum Gasteiger partial charge on any atom is -0.353 e. The monoisotopic (exact) mass is 350 g/mol. The van der Waals surface area contributed by atoms with Crippen LogP contribution in [0.1, 0.15) is 52.3 Å². The molecule has 0 saturated carbocycles. The summed E-state index contributed by atoms with van der Waals surface area (Å²) in [6.45, 7) is 9.94. The van der Waals surface area contributed by atoms with Gasteiger partial charge >= 0.3 is 0 Å². The highest BCUT2D eigenvalue weighted by atomic mass is 32.2. The van der Waals surface area contributed by atoms with Crippen LogP contribution in [-0.2, 0) is 4.79 Å². The van der Waals surface area contributed by atoms with Crippen molar-refractivity contribution in [1.29, 1.82) is 0 Å². The van der Waals surface area contributed by atoms with Crippen LogP contribution in [0.4, 0.5) is 0 Å². The van der Waals surface area contributed by atoms with Gasteiger partial charge in [-0.3, -0.25) is 14.2 Å². The Morgan fingerprint density at radius 1 is 1.38 bits per heavy atom. The molecule has 0 radical (unpaired) electrons. The maximum atomic E-state index is 12.8. The maximum absolute atomic E-state index is 12.8. The molecule has 0 aliphatic carbocycles. The molecule has 2 aromatic rings. The van der Waals surface area contributed by atoms with Crippen LogP contribution in [0, 0.1) is 6.92 Å². The molecule has 0 saturated heterocycles. The predicted molar refractivity (Wildman–Crippen MR) is 98.7 cm³/mol. The Labute approximate surface area is 146 Å². The largest absolute Gasteiger partial charge is 0.353 e. The van der Waals surface area contributed by atoms with Crippen LogP contribution >= 0.6 is 11.8 Å². The number of H-pyrrole nitrogens is 1. The third-order valence-electron chi connectivity index (χ3n) is 4.17. The van der Waals surface area contributed by atoms with Gasteiger partial charge in [0.05, 0.1) is 11.3 Å². The lowest BCUT2D eigenvalue weighted by Gasteiger charge is -2.17. The molecule has 0 aliphatic heterocycles. The number of hydrogen-bond acceptors (Lipinski definition) is 4. The topological polar surface area (TPSA) is 79.8 Å². The number of hydrogen-bond donors (Lipinski definition) is 2. The van der Waals surface area contributed by atoms with Gasteiger partial charge < -0.3 is 10.3 Å². The summed E-state index contributed by atoms with van der Waals surface area (Å²) >= 11 is 1.32. The Morgan fingerprint density at radius 3 is 2.71 bits per heavy atom. The maximum Gasteiger partial charge on any atom is 0.278 e. The van der Waals surface area contributed by atoms with Crippen molar-refractivity contribution in [1.82, 2.24) is 19.9 Å². The molecule has 24 heavy (non-hydrogen) atoms. The van der Waals surface area contributed by atoms with Gasteiger partial charge in [-0.25, -0.2) is 4.98 Å².